The molecule has 0 aliphatic carbocycles. The fourth-order valence-corrected chi connectivity index (χ4v) is 5.37. The van der Waals surface area contributed by atoms with Crippen LogP contribution in [0.2, 0.25) is 10.0 Å². The molecular formula is C18H14Cl2N4O5S. The summed E-state index contributed by atoms with van der Waals surface area (Å²) in [6.07, 6.45) is 1.06. The Hall–Kier alpha value is -2.53. The van der Waals surface area contributed by atoms with Crippen LogP contribution in [-0.4, -0.2) is 34.3 Å². The fourth-order valence-electron chi connectivity index (χ4n) is 3.32. The molecule has 1 saturated heterocycles. The number of halogens is 2. The molecule has 3 aromatic rings. The van der Waals surface area contributed by atoms with Crippen LogP contribution in [-0.2, 0) is 10.0 Å². The van der Waals surface area contributed by atoms with Crippen LogP contribution in [0.25, 0.3) is 11.4 Å². The molecule has 0 N–H and O–H groups in total. The van der Waals surface area contributed by atoms with Crippen molar-refractivity contribution in [2.45, 2.75) is 23.8 Å². The molecule has 1 unspecified atom stereocenters. The molecular weight excluding hydrogens is 455 g/mol. The van der Waals surface area contributed by atoms with Crippen molar-refractivity contribution < 1.29 is 17.9 Å². The minimum absolute atomic E-state index is 0.139. The van der Waals surface area contributed by atoms with E-state index in [-0.39, 0.29) is 22.4 Å². The second-order valence-electron chi connectivity index (χ2n) is 6.61. The van der Waals surface area contributed by atoms with Crippen LogP contribution in [0.15, 0.2) is 51.9 Å². The molecule has 1 atom stereocenters. The summed E-state index contributed by atoms with van der Waals surface area (Å²) < 4.78 is 32.9. The maximum atomic E-state index is 13.2. The van der Waals surface area contributed by atoms with Gasteiger partial charge in [-0.2, -0.15) is 9.29 Å². The van der Waals surface area contributed by atoms with E-state index in [2.05, 4.69) is 10.1 Å². The first-order valence-electron chi connectivity index (χ1n) is 8.83. The van der Waals surface area contributed by atoms with E-state index < -0.39 is 26.7 Å². The van der Waals surface area contributed by atoms with Gasteiger partial charge >= 0.3 is 0 Å². The first kappa shape index (κ1) is 20.7. The number of rotatable bonds is 5. The zero-order valence-electron chi connectivity index (χ0n) is 15.2. The largest absolute Gasteiger partial charge is 0.337 e. The standard InChI is InChI=1S/C18H14Cl2N4O5S/c19-12-4-1-3-11(9-12)17-21-18(29-22-17)15-5-2-8-23(15)30(27,28)13-6-7-14(20)16(10-13)24(25)26/h1,3-4,6-7,9-10,15H,2,5,8H2. The molecule has 1 aromatic heterocycles. The molecule has 2 aromatic carbocycles. The van der Waals surface area contributed by atoms with Gasteiger partial charge in [0.1, 0.15) is 11.1 Å². The molecule has 156 valence electrons. The first-order valence-corrected chi connectivity index (χ1v) is 11.0. The molecule has 4 rings (SSSR count). The molecule has 0 radical (unpaired) electrons. The first-order chi connectivity index (χ1) is 14.3. The van der Waals surface area contributed by atoms with Crippen LogP contribution >= 0.6 is 23.2 Å². The van der Waals surface area contributed by atoms with E-state index >= 15 is 0 Å². The predicted molar refractivity (Wildman–Crippen MR) is 109 cm³/mol. The van der Waals surface area contributed by atoms with Gasteiger partial charge in [0, 0.05) is 23.2 Å². The molecule has 0 bridgehead atoms. The Bertz CT molecular complexity index is 1230. The van der Waals surface area contributed by atoms with Gasteiger partial charge in [0.05, 0.1) is 9.82 Å². The van der Waals surface area contributed by atoms with E-state index in [0.29, 0.717) is 29.3 Å². The van der Waals surface area contributed by atoms with E-state index in [4.69, 9.17) is 27.7 Å². The van der Waals surface area contributed by atoms with Crippen LogP contribution in [0.1, 0.15) is 24.8 Å². The minimum atomic E-state index is -4.05. The van der Waals surface area contributed by atoms with Crippen molar-refractivity contribution in [1.82, 2.24) is 14.4 Å². The Morgan fingerprint density at radius 3 is 2.73 bits per heavy atom. The monoisotopic (exact) mass is 468 g/mol. The summed E-state index contributed by atoms with van der Waals surface area (Å²) in [7, 11) is -4.05. The van der Waals surface area contributed by atoms with E-state index in [9.17, 15) is 18.5 Å². The maximum Gasteiger partial charge on any atom is 0.289 e. The molecule has 0 spiro atoms. The number of nitrogens with zero attached hydrogens (tertiary/aromatic N) is 4. The second kappa shape index (κ2) is 7.95. The van der Waals surface area contributed by atoms with Gasteiger partial charge in [0.15, 0.2) is 0 Å². The molecule has 12 heteroatoms. The smallest absolute Gasteiger partial charge is 0.289 e. The van der Waals surface area contributed by atoms with Gasteiger partial charge in [0.25, 0.3) is 5.69 Å². The molecule has 1 fully saturated rings. The molecule has 1 aliphatic heterocycles. The van der Waals surface area contributed by atoms with Gasteiger partial charge in [-0.3, -0.25) is 10.1 Å². The molecule has 1 aliphatic rings. The van der Waals surface area contributed by atoms with Gasteiger partial charge in [-0.25, -0.2) is 8.42 Å². The van der Waals surface area contributed by atoms with Crippen molar-refractivity contribution in [2.24, 2.45) is 0 Å². The van der Waals surface area contributed by atoms with Gasteiger partial charge < -0.3 is 4.52 Å². The number of nitro groups is 1. The lowest BCUT2D eigenvalue weighted by atomic mass is 10.2. The van der Waals surface area contributed by atoms with Crippen molar-refractivity contribution in [3.63, 3.8) is 0 Å². The lowest BCUT2D eigenvalue weighted by Crippen LogP contribution is -2.31. The lowest BCUT2D eigenvalue weighted by molar-refractivity contribution is -0.384. The van der Waals surface area contributed by atoms with E-state index in [0.717, 1.165) is 6.07 Å². The number of sulfonamides is 1. The van der Waals surface area contributed by atoms with Crippen molar-refractivity contribution in [3.8, 4) is 11.4 Å². The lowest BCUT2D eigenvalue weighted by Gasteiger charge is -2.21. The normalized spacial score (nSPS) is 17.3. The molecule has 2 heterocycles. The highest BCUT2D eigenvalue weighted by atomic mass is 35.5. The number of hydrogen-bond acceptors (Lipinski definition) is 7. The van der Waals surface area contributed by atoms with Gasteiger partial charge in [-0.05, 0) is 37.1 Å². The summed E-state index contributed by atoms with van der Waals surface area (Å²) >= 11 is 11.8. The van der Waals surface area contributed by atoms with Gasteiger partial charge in [-0.1, -0.05) is 40.5 Å². The van der Waals surface area contributed by atoms with Crippen LogP contribution in [0, 0.1) is 10.1 Å². The SMILES string of the molecule is O=[N+]([O-])c1cc(S(=O)(=O)N2CCCC2c2nc(-c3cccc(Cl)c3)no2)ccc1Cl. The Labute approximate surface area is 181 Å². The fraction of sp³-hybridized carbons (Fsp3) is 0.222. The molecule has 30 heavy (non-hydrogen) atoms. The number of benzene rings is 2. The van der Waals surface area contributed by atoms with Gasteiger partial charge in [-0.15, -0.1) is 0 Å². The Balaban J connectivity index is 1.67. The second-order valence-corrected chi connectivity index (χ2v) is 9.34. The third kappa shape index (κ3) is 3.79. The van der Waals surface area contributed by atoms with Crippen molar-refractivity contribution in [3.05, 3.63) is 68.5 Å². The summed E-state index contributed by atoms with van der Waals surface area (Å²) in [6, 6.07) is 9.61. The van der Waals surface area contributed by atoms with E-state index in [1.807, 2.05) is 0 Å². The Morgan fingerprint density at radius 2 is 2.00 bits per heavy atom. The number of aromatic nitrogens is 2. The topological polar surface area (TPSA) is 119 Å². The van der Waals surface area contributed by atoms with Gasteiger partial charge in [0.2, 0.25) is 21.7 Å². The third-order valence-corrected chi connectivity index (χ3v) is 7.19. The van der Waals surface area contributed by atoms with Crippen molar-refractivity contribution >= 4 is 38.9 Å². The molecule has 0 saturated carbocycles. The average Bonchev–Trinajstić information content (AvgIpc) is 3.37. The van der Waals surface area contributed by atoms with E-state index in [1.165, 1.54) is 16.4 Å². The summed E-state index contributed by atoms with van der Waals surface area (Å²) in [5.41, 5.74) is 0.160. The van der Waals surface area contributed by atoms with Crippen LogP contribution in [0.4, 0.5) is 5.69 Å². The number of nitro benzene ring substituents is 1. The van der Waals surface area contributed by atoms with Crippen LogP contribution in [0.5, 0.6) is 0 Å². The quantitative estimate of drug-likeness (QED) is 0.399. The zero-order chi connectivity index (χ0) is 21.5. The van der Waals surface area contributed by atoms with Crippen molar-refractivity contribution in [1.29, 1.82) is 0 Å². The van der Waals surface area contributed by atoms with Crippen LogP contribution < -0.4 is 0 Å². The summed E-state index contributed by atoms with van der Waals surface area (Å²) in [6.45, 7) is 0.221. The molecule has 9 nitrogen and oxygen atoms in total. The zero-order valence-corrected chi connectivity index (χ0v) is 17.6. The molecule has 0 amide bonds. The maximum absolute atomic E-state index is 13.2. The Morgan fingerprint density at radius 1 is 1.20 bits per heavy atom. The summed E-state index contributed by atoms with van der Waals surface area (Å²) in [4.78, 5) is 14.5. The minimum Gasteiger partial charge on any atom is -0.337 e. The average molecular weight is 469 g/mol. The number of hydrogen-bond donors (Lipinski definition) is 0. The summed E-state index contributed by atoms with van der Waals surface area (Å²) in [5.74, 6) is 0.438. The summed E-state index contributed by atoms with van der Waals surface area (Å²) in [5, 5.41) is 15.4. The highest BCUT2D eigenvalue weighted by molar-refractivity contribution is 7.89. The highest BCUT2D eigenvalue weighted by Crippen LogP contribution is 2.38. The third-order valence-electron chi connectivity index (χ3n) is 4.73. The van der Waals surface area contributed by atoms with E-state index in [1.54, 1.807) is 24.3 Å². The Kier molecular flexibility index (Phi) is 5.49. The predicted octanol–water partition coefficient (Wildman–Crippen LogP) is 4.48. The highest BCUT2D eigenvalue weighted by Gasteiger charge is 2.40. The van der Waals surface area contributed by atoms with Crippen molar-refractivity contribution in [2.75, 3.05) is 6.54 Å². The van der Waals surface area contributed by atoms with Crippen LogP contribution in [0.3, 0.4) is 0 Å².